The summed E-state index contributed by atoms with van der Waals surface area (Å²) in [6.45, 7) is 3.00. The van der Waals surface area contributed by atoms with E-state index < -0.39 is 10.0 Å². The van der Waals surface area contributed by atoms with Gasteiger partial charge in [0.25, 0.3) is 10.0 Å². The van der Waals surface area contributed by atoms with Crippen LogP contribution in [0.25, 0.3) is 0 Å². The number of nitrogens with zero attached hydrogens (tertiary/aromatic N) is 3. The first kappa shape index (κ1) is 13.9. The van der Waals surface area contributed by atoms with Crippen molar-refractivity contribution in [2.24, 2.45) is 13.0 Å². The van der Waals surface area contributed by atoms with Crippen molar-refractivity contribution in [3.05, 3.63) is 4.60 Å². The van der Waals surface area contributed by atoms with Crippen molar-refractivity contribution in [3.8, 4) is 0 Å². The zero-order chi connectivity index (χ0) is 13.3. The number of rotatable bonds is 4. The van der Waals surface area contributed by atoms with E-state index in [1.165, 1.54) is 11.7 Å². The van der Waals surface area contributed by atoms with Crippen LogP contribution in [-0.4, -0.2) is 42.7 Å². The molecule has 0 radical (unpaired) electrons. The summed E-state index contributed by atoms with van der Waals surface area (Å²) < 4.78 is 33.6. The highest BCUT2D eigenvalue weighted by molar-refractivity contribution is 9.10. The number of hydrogen-bond donors (Lipinski definition) is 1. The Bertz CT molecular complexity index is 510. The Morgan fingerprint density at radius 3 is 2.83 bits per heavy atom. The Balaban J connectivity index is 2.08. The zero-order valence-corrected chi connectivity index (χ0v) is 12.5. The average Bonchev–Trinajstić information content (AvgIpc) is 2.83. The highest BCUT2D eigenvalue weighted by Gasteiger charge is 2.28. The third-order valence-corrected chi connectivity index (χ3v) is 5.37. The largest absolute Gasteiger partial charge is 0.378 e. The molecular weight excluding hydrogens is 324 g/mol. The summed E-state index contributed by atoms with van der Waals surface area (Å²) in [5.74, 6) is 0.208. The van der Waals surface area contributed by atoms with Gasteiger partial charge in [-0.25, -0.2) is 17.8 Å². The quantitative estimate of drug-likeness (QED) is 0.852. The molecule has 0 amide bonds. The van der Waals surface area contributed by atoms with E-state index in [1.54, 1.807) is 0 Å². The SMILES string of the molecule is CC1OCCC1CNS(=O)(=O)c1c(Br)nnn1C. The van der Waals surface area contributed by atoms with E-state index in [0.29, 0.717) is 13.2 Å². The molecule has 2 heterocycles. The highest BCUT2D eigenvalue weighted by atomic mass is 79.9. The molecule has 18 heavy (non-hydrogen) atoms. The molecule has 0 spiro atoms. The van der Waals surface area contributed by atoms with E-state index in [4.69, 9.17) is 4.74 Å². The third kappa shape index (κ3) is 2.73. The summed E-state index contributed by atoms with van der Waals surface area (Å²) >= 11 is 3.08. The Labute approximate surface area is 114 Å². The van der Waals surface area contributed by atoms with Gasteiger partial charge in [-0.05, 0) is 29.3 Å². The third-order valence-electron chi connectivity index (χ3n) is 3.06. The van der Waals surface area contributed by atoms with Crippen LogP contribution in [0, 0.1) is 5.92 Å². The summed E-state index contributed by atoms with van der Waals surface area (Å²) in [7, 11) is -2.07. The lowest BCUT2D eigenvalue weighted by Gasteiger charge is -2.14. The minimum absolute atomic E-state index is 0.0362. The van der Waals surface area contributed by atoms with Gasteiger partial charge in [-0.15, -0.1) is 5.10 Å². The normalized spacial score (nSPS) is 24.6. The van der Waals surface area contributed by atoms with Gasteiger partial charge in [0.1, 0.15) is 0 Å². The number of nitrogens with one attached hydrogen (secondary N) is 1. The second-order valence-corrected chi connectivity index (χ2v) is 6.72. The van der Waals surface area contributed by atoms with Crippen LogP contribution in [0.1, 0.15) is 13.3 Å². The fourth-order valence-electron chi connectivity index (χ4n) is 1.94. The maximum atomic E-state index is 12.1. The van der Waals surface area contributed by atoms with Crippen molar-refractivity contribution >= 4 is 26.0 Å². The lowest BCUT2D eigenvalue weighted by Crippen LogP contribution is -2.33. The Morgan fingerprint density at radius 2 is 2.33 bits per heavy atom. The van der Waals surface area contributed by atoms with Gasteiger partial charge in [-0.2, -0.15) is 0 Å². The van der Waals surface area contributed by atoms with E-state index in [9.17, 15) is 8.42 Å². The van der Waals surface area contributed by atoms with E-state index in [1.807, 2.05) is 6.92 Å². The van der Waals surface area contributed by atoms with Gasteiger partial charge in [0.15, 0.2) is 4.60 Å². The van der Waals surface area contributed by atoms with Gasteiger partial charge >= 0.3 is 0 Å². The van der Waals surface area contributed by atoms with Crippen molar-refractivity contribution in [3.63, 3.8) is 0 Å². The monoisotopic (exact) mass is 338 g/mol. The molecule has 0 aliphatic carbocycles. The molecule has 1 N–H and O–H groups in total. The molecule has 1 aromatic heterocycles. The van der Waals surface area contributed by atoms with Crippen LogP contribution in [0.2, 0.25) is 0 Å². The predicted molar refractivity (Wildman–Crippen MR) is 67.4 cm³/mol. The molecule has 2 rings (SSSR count). The van der Waals surface area contributed by atoms with Gasteiger partial charge in [0.05, 0.1) is 6.10 Å². The van der Waals surface area contributed by atoms with Crippen LogP contribution < -0.4 is 4.72 Å². The molecular formula is C9H15BrN4O3S. The van der Waals surface area contributed by atoms with Gasteiger partial charge < -0.3 is 4.74 Å². The van der Waals surface area contributed by atoms with Crippen molar-refractivity contribution in [1.29, 1.82) is 0 Å². The maximum Gasteiger partial charge on any atom is 0.260 e. The minimum Gasteiger partial charge on any atom is -0.378 e. The first-order chi connectivity index (χ1) is 8.42. The molecule has 1 aromatic rings. The first-order valence-electron chi connectivity index (χ1n) is 5.58. The van der Waals surface area contributed by atoms with Crippen LogP contribution >= 0.6 is 15.9 Å². The molecule has 0 aromatic carbocycles. The van der Waals surface area contributed by atoms with Gasteiger partial charge in [0, 0.05) is 26.1 Å². The highest BCUT2D eigenvalue weighted by Crippen LogP contribution is 2.21. The Hall–Kier alpha value is -0.510. The summed E-state index contributed by atoms with van der Waals surface area (Å²) in [5.41, 5.74) is 0. The number of sulfonamides is 1. The second kappa shape index (κ2) is 5.24. The molecule has 0 bridgehead atoms. The lowest BCUT2D eigenvalue weighted by atomic mass is 10.0. The Kier molecular flexibility index (Phi) is 4.05. The van der Waals surface area contributed by atoms with Crippen LogP contribution in [-0.2, 0) is 21.8 Å². The zero-order valence-electron chi connectivity index (χ0n) is 10.1. The fourth-order valence-corrected chi connectivity index (χ4v) is 4.12. The molecule has 2 atom stereocenters. The topological polar surface area (TPSA) is 86.1 Å². The van der Waals surface area contributed by atoms with E-state index in [0.717, 1.165) is 6.42 Å². The molecule has 1 fully saturated rings. The van der Waals surface area contributed by atoms with Crippen LogP contribution in [0.5, 0.6) is 0 Å². The average molecular weight is 339 g/mol. The van der Waals surface area contributed by atoms with Crippen LogP contribution in [0.15, 0.2) is 9.63 Å². The molecule has 1 aliphatic heterocycles. The summed E-state index contributed by atoms with van der Waals surface area (Å²) in [6, 6.07) is 0. The van der Waals surface area contributed by atoms with E-state index in [2.05, 4.69) is 31.0 Å². The standard InChI is InChI=1S/C9H15BrN4O3S/c1-6-7(3-4-17-6)5-11-18(15,16)9-8(10)12-13-14(9)2/h6-7,11H,3-5H2,1-2H3. The number of hydrogen-bond acceptors (Lipinski definition) is 5. The minimum atomic E-state index is -3.60. The second-order valence-electron chi connectivity index (χ2n) is 4.29. The van der Waals surface area contributed by atoms with Crippen LogP contribution in [0.4, 0.5) is 0 Å². The number of ether oxygens (including phenoxy) is 1. The molecule has 0 saturated carbocycles. The van der Waals surface area contributed by atoms with E-state index >= 15 is 0 Å². The van der Waals surface area contributed by atoms with Crippen molar-refractivity contribution in [1.82, 2.24) is 19.7 Å². The summed E-state index contributed by atoms with van der Waals surface area (Å²) in [5, 5.41) is 7.35. The first-order valence-corrected chi connectivity index (χ1v) is 7.86. The van der Waals surface area contributed by atoms with Gasteiger partial charge in [-0.3, -0.25) is 0 Å². The van der Waals surface area contributed by atoms with Crippen molar-refractivity contribution in [2.45, 2.75) is 24.5 Å². The lowest BCUT2D eigenvalue weighted by molar-refractivity contribution is 0.107. The number of aromatic nitrogens is 3. The van der Waals surface area contributed by atoms with Gasteiger partial charge in [-0.1, -0.05) is 5.21 Å². The predicted octanol–water partition coefficient (Wildman–Crippen LogP) is 0.281. The molecule has 1 aliphatic rings. The fraction of sp³-hybridized carbons (Fsp3) is 0.778. The summed E-state index contributed by atoms with van der Waals surface area (Å²) in [6.07, 6.45) is 0.954. The molecule has 2 unspecified atom stereocenters. The maximum absolute atomic E-state index is 12.1. The summed E-state index contributed by atoms with van der Waals surface area (Å²) in [4.78, 5) is 0. The number of halogens is 1. The van der Waals surface area contributed by atoms with E-state index in [-0.39, 0.29) is 21.7 Å². The molecule has 1 saturated heterocycles. The molecule has 102 valence electrons. The van der Waals surface area contributed by atoms with Gasteiger partial charge in [0.2, 0.25) is 5.03 Å². The molecule has 9 heteroatoms. The van der Waals surface area contributed by atoms with Crippen molar-refractivity contribution < 1.29 is 13.2 Å². The number of aryl methyl sites for hydroxylation is 1. The van der Waals surface area contributed by atoms with Crippen molar-refractivity contribution in [2.75, 3.05) is 13.2 Å². The smallest absolute Gasteiger partial charge is 0.260 e. The van der Waals surface area contributed by atoms with Crippen LogP contribution in [0.3, 0.4) is 0 Å². The molecule has 7 nitrogen and oxygen atoms in total. The Morgan fingerprint density at radius 1 is 1.61 bits per heavy atom.